The van der Waals surface area contributed by atoms with Gasteiger partial charge in [-0.2, -0.15) is 13.2 Å². The number of benzene rings is 1. The van der Waals surface area contributed by atoms with Gasteiger partial charge in [0, 0.05) is 18.5 Å². The highest BCUT2D eigenvalue weighted by molar-refractivity contribution is 5.70. The largest absolute Gasteiger partial charge is 0.469 e. The van der Waals surface area contributed by atoms with Gasteiger partial charge < -0.3 is 9.15 Å². The van der Waals surface area contributed by atoms with Gasteiger partial charge in [-0.05, 0) is 44.5 Å². The minimum absolute atomic E-state index is 0.362. The fourth-order valence-electron chi connectivity index (χ4n) is 3.05. The predicted octanol–water partition coefficient (Wildman–Crippen LogP) is 5.18. The minimum Gasteiger partial charge on any atom is -0.469 e. The molecule has 1 aliphatic rings. The Labute approximate surface area is 149 Å². The van der Waals surface area contributed by atoms with E-state index in [1.54, 1.807) is 26.8 Å². The normalized spacial score (nSPS) is 17.8. The van der Waals surface area contributed by atoms with E-state index in [1.165, 1.54) is 23.3 Å². The number of halogens is 3. The van der Waals surface area contributed by atoms with E-state index in [9.17, 15) is 18.0 Å². The summed E-state index contributed by atoms with van der Waals surface area (Å²) in [4.78, 5) is 14.2. The number of carbonyl (C=O) groups is 1. The number of hydrogen-bond donors (Lipinski definition) is 0. The van der Waals surface area contributed by atoms with Crippen molar-refractivity contribution in [3.63, 3.8) is 0 Å². The topological polar surface area (TPSA) is 42.7 Å². The summed E-state index contributed by atoms with van der Waals surface area (Å²) < 4.78 is 49.5. The van der Waals surface area contributed by atoms with Gasteiger partial charge in [-0.3, -0.25) is 4.90 Å². The molecule has 1 aromatic carbocycles. The van der Waals surface area contributed by atoms with E-state index in [2.05, 4.69) is 0 Å². The molecule has 1 aromatic heterocycles. The smallest absolute Gasteiger partial charge is 0.416 e. The van der Waals surface area contributed by atoms with Crippen molar-refractivity contribution in [2.45, 2.75) is 45.0 Å². The highest BCUT2D eigenvalue weighted by atomic mass is 19.4. The van der Waals surface area contributed by atoms with Gasteiger partial charge >= 0.3 is 12.3 Å². The number of fused-ring (bicyclic) bond motifs is 1. The van der Waals surface area contributed by atoms with Gasteiger partial charge in [-0.1, -0.05) is 12.1 Å². The Kier molecular flexibility index (Phi) is 4.50. The van der Waals surface area contributed by atoms with E-state index in [0.717, 1.165) is 23.5 Å². The molecular formula is C19H20F3NO3. The molecule has 7 heteroatoms. The second-order valence-corrected chi connectivity index (χ2v) is 7.25. The fourth-order valence-corrected chi connectivity index (χ4v) is 3.05. The van der Waals surface area contributed by atoms with Crippen molar-refractivity contribution in [2.75, 3.05) is 6.54 Å². The first-order chi connectivity index (χ1) is 12.1. The monoisotopic (exact) mass is 367 g/mol. The van der Waals surface area contributed by atoms with E-state index in [1.807, 2.05) is 0 Å². The van der Waals surface area contributed by atoms with E-state index >= 15 is 0 Å². The second kappa shape index (κ2) is 6.37. The molecule has 2 aromatic rings. The Bertz CT molecular complexity index is 788. The molecule has 0 saturated carbocycles. The average molecular weight is 367 g/mol. The molecule has 140 valence electrons. The molecule has 0 saturated heterocycles. The fraction of sp³-hybridized carbons (Fsp3) is 0.421. The van der Waals surface area contributed by atoms with Crippen LogP contribution >= 0.6 is 0 Å². The molecule has 0 fully saturated rings. The highest BCUT2D eigenvalue weighted by Crippen LogP contribution is 2.38. The summed E-state index contributed by atoms with van der Waals surface area (Å²) in [5, 5.41) is 0. The average Bonchev–Trinajstić information content (AvgIpc) is 3.00. The van der Waals surface area contributed by atoms with Crippen LogP contribution in [0.4, 0.5) is 18.0 Å². The molecule has 0 spiro atoms. The third-order valence-electron chi connectivity index (χ3n) is 4.15. The number of ether oxygens (including phenoxy) is 1. The van der Waals surface area contributed by atoms with Crippen LogP contribution in [0.15, 0.2) is 41.0 Å². The lowest BCUT2D eigenvalue weighted by atomic mass is 9.92. The summed E-state index contributed by atoms with van der Waals surface area (Å²) in [7, 11) is 0. The third kappa shape index (κ3) is 3.71. The van der Waals surface area contributed by atoms with Crippen molar-refractivity contribution in [2.24, 2.45) is 0 Å². The summed E-state index contributed by atoms with van der Waals surface area (Å²) in [5.74, 6) is 0.731. The Morgan fingerprint density at radius 1 is 1.15 bits per heavy atom. The van der Waals surface area contributed by atoms with Crippen molar-refractivity contribution in [1.82, 2.24) is 4.90 Å². The van der Waals surface area contributed by atoms with Gasteiger partial charge in [0.1, 0.15) is 11.4 Å². The molecule has 1 atom stereocenters. The number of hydrogen-bond acceptors (Lipinski definition) is 3. The Morgan fingerprint density at radius 2 is 1.81 bits per heavy atom. The quantitative estimate of drug-likeness (QED) is 0.697. The van der Waals surface area contributed by atoms with Crippen LogP contribution in [0, 0.1) is 0 Å². The van der Waals surface area contributed by atoms with Gasteiger partial charge in [0.2, 0.25) is 0 Å². The molecule has 0 N–H and O–H groups in total. The number of nitrogens with zero attached hydrogens (tertiary/aromatic N) is 1. The van der Waals surface area contributed by atoms with Crippen LogP contribution in [-0.2, 0) is 17.3 Å². The van der Waals surface area contributed by atoms with E-state index in [0.29, 0.717) is 18.5 Å². The Hall–Kier alpha value is -2.44. The van der Waals surface area contributed by atoms with Crippen molar-refractivity contribution in [3.05, 3.63) is 59.0 Å². The van der Waals surface area contributed by atoms with Crippen molar-refractivity contribution in [1.29, 1.82) is 0 Å². The standard InChI is InChI=1S/C19H20F3NO3/c1-18(2,3)26-17(24)23-10-8-15-14(9-11-25-15)16(23)12-4-6-13(7-5-12)19(20,21)22/h4-7,9,11,16H,8,10H2,1-3H3. The van der Waals surface area contributed by atoms with Crippen LogP contribution in [0.2, 0.25) is 0 Å². The van der Waals surface area contributed by atoms with Gasteiger partial charge in [0.25, 0.3) is 0 Å². The summed E-state index contributed by atoms with van der Waals surface area (Å²) >= 11 is 0. The molecule has 26 heavy (non-hydrogen) atoms. The van der Waals surface area contributed by atoms with E-state index < -0.39 is 29.5 Å². The Morgan fingerprint density at radius 3 is 2.38 bits per heavy atom. The highest BCUT2D eigenvalue weighted by Gasteiger charge is 2.37. The summed E-state index contributed by atoms with van der Waals surface area (Å²) in [6.07, 6.45) is -2.86. The molecule has 3 rings (SSSR count). The molecule has 1 amide bonds. The van der Waals surface area contributed by atoms with Crippen LogP contribution in [-0.4, -0.2) is 23.1 Å². The molecule has 0 aliphatic carbocycles. The van der Waals surface area contributed by atoms with Crippen molar-refractivity contribution < 1.29 is 27.1 Å². The third-order valence-corrected chi connectivity index (χ3v) is 4.15. The number of furan rings is 1. The van der Waals surface area contributed by atoms with Gasteiger partial charge in [-0.15, -0.1) is 0 Å². The second-order valence-electron chi connectivity index (χ2n) is 7.25. The molecule has 0 radical (unpaired) electrons. The van der Waals surface area contributed by atoms with E-state index in [-0.39, 0.29) is 0 Å². The molecule has 0 bridgehead atoms. The van der Waals surface area contributed by atoms with Crippen LogP contribution < -0.4 is 0 Å². The van der Waals surface area contributed by atoms with Crippen molar-refractivity contribution in [3.8, 4) is 0 Å². The number of rotatable bonds is 1. The lowest BCUT2D eigenvalue weighted by Gasteiger charge is -2.36. The Balaban J connectivity index is 1.98. The zero-order chi connectivity index (χ0) is 19.1. The summed E-state index contributed by atoms with van der Waals surface area (Å²) in [6, 6.07) is 6.04. The molecule has 1 aliphatic heterocycles. The first-order valence-electron chi connectivity index (χ1n) is 8.29. The maximum Gasteiger partial charge on any atom is 0.416 e. The zero-order valence-electron chi connectivity index (χ0n) is 14.8. The lowest BCUT2D eigenvalue weighted by molar-refractivity contribution is -0.137. The van der Waals surface area contributed by atoms with Crippen LogP contribution in [0.25, 0.3) is 0 Å². The molecule has 2 heterocycles. The maximum atomic E-state index is 12.8. The zero-order valence-corrected chi connectivity index (χ0v) is 14.8. The molecule has 4 nitrogen and oxygen atoms in total. The number of alkyl halides is 3. The number of carbonyl (C=O) groups excluding carboxylic acids is 1. The van der Waals surface area contributed by atoms with Crippen molar-refractivity contribution >= 4 is 6.09 Å². The minimum atomic E-state index is -4.41. The predicted molar refractivity (Wildman–Crippen MR) is 88.6 cm³/mol. The molecular weight excluding hydrogens is 347 g/mol. The first kappa shape index (κ1) is 18.4. The van der Waals surface area contributed by atoms with Crippen LogP contribution in [0.3, 0.4) is 0 Å². The van der Waals surface area contributed by atoms with E-state index in [4.69, 9.17) is 9.15 Å². The van der Waals surface area contributed by atoms with Gasteiger partial charge in [-0.25, -0.2) is 4.79 Å². The lowest BCUT2D eigenvalue weighted by Crippen LogP contribution is -2.43. The SMILES string of the molecule is CC(C)(C)OC(=O)N1CCc2occc2C1c1ccc(C(F)(F)F)cc1. The summed E-state index contributed by atoms with van der Waals surface area (Å²) in [6.45, 7) is 5.67. The molecule has 1 unspecified atom stereocenters. The maximum absolute atomic E-state index is 12.8. The van der Waals surface area contributed by atoms with Crippen LogP contribution in [0.1, 0.15) is 49.3 Å². The first-order valence-corrected chi connectivity index (χ1v) is 8.29. The van der Waals surface area contributed by atoms with Gasteiger partial charge in [0.15, 0.2) is 0 Å². The van der Waals surface area contributed by atoms with Gasteiger partial charge in [0.05, 0.1) is 17.9 Å². The number of amides is 1. The van der Waals surface area contributed by atoms with Crippen LogP contribution in [0.5, 0.6) is 0 Å². The summed E-state index contributed by atoms with van der Waals surface area (Å²) in [5.41, 5.74) is -0.0558.